The van der Waals surface area contributed by atoms with Crippen LogP contribution in [0, 0.1) is 0 Å². The van der Waals surface area contributed by atoms with Crippen LogP contribution in [0.15, 0.2) is 18.2 Å². The van der Waals surface area contributed by atoms with Crippen LogP contribution >= 0.6 is 11.6 Å². The fourth-order valence-corrected chi connectivity index (χ4v) is 2.35. The Morgan fingerprint density at radius 3 is 2.74 bits per heavy atom. The summed E-state index contributed by atoms with van der Waals surface area (Å²) in [6, 6.07) is 2.04. The van der Waals surface area contributed by atoms with E-state index in [1.807, 2.05) is 0 Å². The Morgan fingerprint density at radius 1 is 1.43 bits per heavy atom. The van der Waals surface area contributed by atoms with E-state index >= 15 is 0 Å². The van der Waals surface area contributed by atoms with Crippen molar-refractivity contribution < 1.29 is 22.8 Å². The number of nitrogens with zero attached hydrogens (tertiary/aromatic N) is 1. The Morgan fingerprint density at radius 2 is 2.13 bits per heavy atom. The van der Waals surface area contributed by atoms with Gasteiger partial charge in [-0.15, -0.1) is 0 Å². The van der Waals surface area contributed by atoms with Crippen molar-refractivity contribution in [3.05, 3.63) is 28.8 Å². The Hall–Kier alpha value is -1.80. The largest absolute Gasteiger partial charge is 0.416 e. The van der Waals surface area contributed by atoms with Gasteiger partial charge in [0.05, 0.1) is 28.9 Å². The number of rotatable bonds is 3. The second kappa shape index (κ2) is 6.76. The fourth-order valence-electron chi connectivity index (χ4n) is 2.19. The molecule has 2 rings (SSSR count). The zero-order valence-corrected chi connectivity index (χ0v) is 13.0. The molecule has 0 unspecified atom stereocenters. The van der Waals surface area contributed by atoms with Gasteiger partial charge in [0.1, 0.15) is 0 Å². The lowest BCUT2D eigenvalue weighted by Crippen LogP contribution is -2.53. The number of halogens is 4. The smallest absolute Gasteiger partial charge is 0.354 e. The molecule has 1 heterocycles. The van der Waals surface area contributed by atoms with E-state index in [9.17, 15) is 22.8 Å². The summed E-state index contributed by atoms with van der Waals surface area (Å²) in [4.78, 5) is 25.2. The van der Waals surface area contributed by atoms with Crippen molar-refractivity contribution in [2.45, 2.75) is 19.1 Å². The van der Waals surface area contributed by atoms with Crippen LogP contribution in [0.1, 0.15) is 12.5 Å². The van der Waals surface area contributed by atoms with Gasteiger partial charge in [0, 0.05) is 13.1 Å². The van der Waals surface area contributed by atoms with Gasteiger partial charge in [0.25, 0.3) is 0 Å². The third-order valence-electron chi connectivity index (χ3n) is 3.55. The fraction of sp³-hybridized carbons (Fsp3) is 0.429. The summed E-state index contributed by atoms with van der Waals surface area (Å²) >= 11 is 5.84. The number of hydrogen-bond donors (Lipinski definition) is 2. The number of carbonyl (C=O) groups is 2. The lowest BCUT2D eigenvalue weighted by molar-refractivity contribution is -0.137. The molecule has 0 radical (unpaired) electrons. The zero-order chi connectivity index (χ0) is 17.2. The zero-order valence-electron chi connectivity index (χ0n) is 12.2. The highest BCUT2D eigenvalue weighted by Gasteiger charge is 2.32. The van der Waals surface area contributed by atoms with Crippen LogP contribution in [0.2, 0.25) is 5.02 Å². The topological polar surface area (TPSA) is 61.4 Å². The molecule has 23 heavy (non-hydrogen) atoms. The highest BCUT2D eigenvalue weighted by Crippen LogP contribution is 2.33. The van der Waals surface area contributed by atoms with Crippen molar-refractivity contribution in [1.82, 2.24) is 10.2 Å². The molecule has 1 saturated heterocycles. The average Bonchev–Trinajstić information content (AvgIpc) is 2.47. The summed E-state index contributed by atoms with van der Waals surface area (Å²) in [6.45, 7) is 2.54. The third kappa shape index (κ3) is 4.35. The molecular formula is C14H15ClF3N3O2. The molecule has 1 aromatic rings. The molecule has 0 bridgehead atoms. The summed E-state index contributed by atoms with van der Waals surface area (Å²) in [5.74, 6) is -0.728. The van der Waals surface area contributed by atoms with Crippen LogP contribution in [0.4, 0.5) is 18.9 Å². The van der Waals surface area contributed by atoms with Crippen molar-refractivity contribution in [3.63, 3.8) is 0 Å². The Kier molecular flexibility index (Phi) is 5.16. The minimum Gasteiger partial charge on any atom is -0.354 e. The molecule has 126 valence electrons. The van der Waals surface area contributed by atoms with Crippen molar-refractivity contribution in [2.24, 2.45) is 0 Å². The van der Waals surface area contributed by atoms with Crippen molar-refractivity contribution in [1.29, 1.82) is 0 Å². The van der Waals surface area contributed by atoms with Gasteiger partial charge in [-0.05, 0) is 25.1 Å². The standard InChI is InChI=1S/C14H15ClF3N3O2/c1-8(21-5-4-19-12(22)7-21)13(23)20-11-6-9(14(16,17)18)2-3-10(11)15/h2-3,6,8H,4-5,7H2,1H3,(H,19,22)(H,20,23)/t8-/m0/s1. The first-order chi connectivity index (χ1) is 10.7. The van der Waals surface area contributed by atoms with Crippen LogP contribution in [-0.2, 0) is 15.8 Å². The maximum atomic E-state index is 12.7. The molecule has 1 aliphatic heterocycles. The highest BCUT2D eigenvalue weighted by atomic mass is 35.5. The molecule has 2 amide bonds. The van der Waals surface area contributed by atoms with Crippen molar-refractivity contribution in [2.75, 3.05) is 25.0 Å². The summed E-state index contributed by atoms with van der Waals surface area (Å²) in [5.41, 5.74) is -1.01. The predicted molar refractivity (Wildman–Crippen MR) is 79.1 cm³/mol. The molecular weight excluding hydrogens is 335 g/mol. The van der Waals surface area contributed by atoms with E-state index in [0.717, 1.165) is 18.2 Å². The van der Waals surface area contributed by atoms with Gasteiger partial charge in [-0.25, -0.2) is 0 Å². The average molecular weight is 350 g/mol. The molecule has 0 aliphatic carbocycles. The molecule has 1 fully saturated rings. The number of amides is 2. The molecule has 0 spiro atoms. The van der Waals surface area contributed by atoms with Crippen molar-refractivity contribution in [3.8, 4) is 0 Å². The molecule has 5 nitrogen and oxygen atoms in total. The van der Waals surface area contributed by atoms with Crippen LogP contribution in [0.25, 0.3) is 0 Å². The van der Waals surface area contributed by atoms with E-state index in [1.54, 1.807) is 11.8 Å². The van der Waals surface area contributed by atoms with E-state index in [4.69, 9.17) is 11.6 Å². The van der Waals surface area contributed by atoms with Gasteiger partial charge < -0.3 is 10.6 Å². The Bertz CT molecular complexity index is 622. The molecule has 1 aromatic carbocycles. The van der Waals surface area contributed by atoms with Gasteiger partial charge in [0.2, 0.25) is 11.8 Å². The van der Waals surface area contributed by atoms with Crippen LogP contribution in [-0.4, -0.2) is 42.4 Å². The van der Waals surface area contributed by atoms with Gasteiger partial charge in [0.15, 0.2) is 0 Å². The second-order valence-corrected chi connectivity index (χ2v) is 5.59. The number of alkyl halides is 3. The van der Waals surface area contributed by atoms with Crippen LogP contribution < -0.4 is 10.6 Å². The summed E-state index contributed by atoms with van der Waals surface area (Å²) in [7, 11) is 0. The number of benzene rings is 1. The first-order valence-corrected chi connectivity index (χ1v) is 7.24. The molecule has 1 aliphatic rings. The Labute approximate surface area is 135 Å². The number of anilines is 1. The van der Waals surface area contributed by atoms with E-state index < -0.39 is 23.7 Å². The number of hydrogen-bond acceptors (Lipinski definition) is 3. The van der Waals surface area contributed by atoms with Gasteiger partial charge >= 0.3 is 6.18 Å². The highest BCUT2D eigenvalue weighted by molar-refractivity contribution is 6.33. The van der Waals surface area contributed by atoms with Gasteiger partial charge in [-0.2, -0.15) is 13.2 Å². The van der Waals surface area contributed by atoms with Crippen molar-refractivity contribution >= 4 is 29.1 Å². The minimum atomic E-state index is -4.53. The second-order valence-electron chi connectivity index (χ2n) is 5.18. The minimum absolute atomic E-state index is 0.00920. The summed E-state index contributed by atoms with van der Waals surface area (Å²) < 4.78 is 38.2. The van der Waals surface area contributed by atoms with E-state index in [-0.39, 0.29) is 23.2 Å². The molecule has 0 saturated carbocycles. The monoisotopic (exact) mass is 349 g/mol. The van der Waals surface area contributed by atoms with E-state index in [1.165, 1.54) is 0 Å². The number of nitrogens with one attached hydrogen (secondary N) is 2. The molecule has 0 aromatic heterocycles. The summed E-state index contributed by atoms with van der Waals surface area (Å²) in [6.07, 6.45) is -4.53. The number of piperazine rings is 1. The lowest BCUT2D eigenvalue weighted by atomic mass is 10.1. The van der Waals surface area contributed by atoms with Gasteiger partial charge in [-0.1, -0.05) is 11.6 Å². The Balaban J connectivity index is 2.11. The maximum absolute atomic E-state index is 12.7. The molecule has 1 atom stereocenters. The predicted octanol–water partition coefficient (Wildman–Crippen LogP) is 2.12. The summed E-state index contributed by atoms with van der Waals surface area (Å²) in [5, 5.41) is 5.03. The third-order valence-corrected chi connectivity index (χ3v) is 3.88. The number of carbonyl (C=O) groups excluding carboxylic acids is 2. The van der Waals surface area contributed by atoms with Crippen LogP contribution in [0.5, 0.6) is 0 Å². The first-order valence-electron chi connectivity index (χ1n) is 6.87. The lowest BCUT2D eigenvalue weighted by Gasteiger charge is -2.31. The van der Waals surface area contributed by atoms with E-state index in [0.29, 0.717) is 13.1 Å². The first kappa shape index (κ1) is 17.6. The van der Waals surface area contributed by atoms with E-state index in [2.05, 4.69) is 10.6 Å². The SMILES string of the molecule is C[C@@H](C(=O)Nc1cc(C(F)(F)F)ccc1Cl)N1CCNC(=O)C1. The van der Waals surface area contributed by atoms with Gasteiger partial charge in [-0.3, -0.25) is 14.5 Å². The quantitative estimate of drug-likeness (QED) is 0.878. The van der Waals surface area contributed by atoms with Crippen LogP contribution in [0.3, 0.4) is 0 Å². The normalized spacial score (nSPS) is 17.5. The maximum Gasteiger partial charge on any atom is 0.416 e. The molecule has 9 heteroatoms. The molecule has 2 N–H and O–H groups in total.